The van der Waals surface area contributed by atoms with Crippen molar-refractivity contribution >= 4 is 0 Å². The van der Waals surface area contributed by atoms with Crippen LogP contribution >= 0.6 is 0 Å². The first-order valence-electron chi connectivity index (χ1n) is 6.66. The molecule has 0 heteroatoms. The van der Waals surface area contributed by atoms with Crippen LogP contribution in [0.1, 0.15) is 52.9 Å². The van der Waals surface area contributed by atoms with Crippen LogP contribution in [0.4, 0.5) is 0 Å². The summed E-state index contributed by atoms with van der Waals surface area (Å²) in [6, 6.07) is 0. The van der Waals surface area contributed by atoms with Crippen LogP contribution in [0.25, 0.3) is 0 Å². The molecule has 4 bridgehead atoms. The van der Waals surface area contributed by atoms with Gasteiger partial charge in [0.15, 0.2) is 0 Å². The maximum atomic E-state index is 4.46. The van der Waals surface area contributed by atoms with Gasteiger partial charge in [-0.2, -0.15) is 0 Å². The lowest BCUT2D eigenvalue weighted by Gasteiger charge is -2.35. The van der Waals surface area contributed by atoms with E-state index < -0.39 is 0 Å². The molecule has 3 aliphatic carbocycles. The molecule has 84 valence electrons. The molecule has 0 radical (unpaired) electrons. The molecule has 0 aliphatic heterocycles. The summed E-state index contributed by atoms with van der Waals surface area (Å²) in [5.74, 6) is 2.79. The van der Waals surface area contributed by atoms with Gasteiger partial charge < -0.3 is 0 Å². The molecule has 0 aromatic carbocycles. The molecule has 0 N–H and O–H groups in total. The van der Waals surface area contributed by atoms with Gasteiger partial charge in [0.05, 0.1) is 0 Å². The molecule has 4 atom stereocenters. The Hall–Kier alpha value is -0.260. The van der Waals surface area contributed by atoms with Crippen LogP contribution in [0.15, 0.2) is 12.2 Å². The molecule has 3 rings (SSSR count). The summed E-state index contributed by atoms with van der Waals surface area (Å²) in [5, 5.41) is 0. The molecule has 0 amide bonds. The topological polar surface area (TPSA) is 0 Å². The normalized spacial score (nSPS) is 51.9. The average Bonchev–Trinajstić information content (AvgIpc) is 2.63. The van der Waals surface area contributed by atoms with Gasteiger partial charge in [-0.3, -0.25) is 0 Å². The Labute approximate surface area is 94.1 Å². The molecule has 0 heterocycles. The predicted molar refractivity (Wildman–Crippen MR) is 64.6 cm³/mol. The number of allylic oxidation sites excluding steroid dienone is 1. The molecular weight excluding hydrogens is 180 g/mol. The average molecular weight is 204 g/mol. The highest BCUT2D eigenvalue weighted by Gasteiger charge is 2.61. The molecule has 3 aliphatic rings. The summed E-state index contributed by atoms with van der Waals surface area (Å²) < 4.78 is 0. The van der Waals surface area contributed by atoms with Crippen molar-refractivity contribution in [1.29, 1.82) is 0 Å². The second-order valence-corrected chi connectivity index (χ2v) is 7.10. The highest BCUT2D eigenvalue weighted by Crippen LogP contribution is 2.70. The van der Waals surface area contributed by atoms with Gasteiger partial charge in [-0.1, -0.05) is 39.3 Å². The van der Waals surface area contributed by atoms with E-state index in [1.54, 1.807) is 5.57 Å². The van der Waals surface area contributed by atoms with E-state index in [1.807, 2.05) is 0 Å². The van der Waals surface area contributed by atoms with E-state index in [9.17, 15) is 0 Å². The Kier molecular flexibility index (Phi) is 1.79. The van der Waals surface area contributed by atoms with E-state index in [1.165, 1.54) is 32.1 Å². The van der Waals surface area contributed by atoms with Crippen LogP contribution in [-0.4, -0.2) is 0 Å². The molecule has 0 aromatic heterocycles. The van der Waals surface area contributed by atoms with Gasteiger partial charge in [0.1, 0.15) is 0 Å². The zero-order valence-corrected chi connectivity index (χ0v) is 10.5. The van der Waals surface area contributed by atoms with Crippen molar-refractivity contribution in [2.24, 2.45) is 28.6 Å². The number of hydrogen-bond donors (Lipinski definition) is 0. The van der Waals surface area contributed by atoms with Crippen LogP contribution in [0.2, 0.25) is 0 Å². The molecular formula is C15H24. The summed E-state index contributed by atoms with van der Waals surface area (Å²) in [6.45, 7) is 12.0. The lowest BCUT2D eigenvalue weighted by atomic mass is 9.69. The van der Waals surface area contributed by atoms with Gasteiger partial charge in [-0.15, -0.1) is 0 Å². The fourth-order valence-electron chi connectivity index (χ4n) is 5.28. The molecule has 0 aromatic rings. The van der Waals surface area contributed by atoms with E-state index >= 15 is 0 Å². The highest BCUT2D eigenvalue weighted by molar-refractivity contribution is 5.29. The number of hydrogen-bond acceptors (Lipinski definition) is 0. The lowest BCUT2D eigenvalue weighted by molar-refractivity contribution is 0.141. The first-order valence-corrected chi connectivity index (χ1v) is 6.66. The summed E-state index contributed by atoms with van der Waals surface area (Å²) >= 11 is 0. The third kappa shape index (κ3) is 1.04. The first kappa shape index (κ1) is 9.93. The summed E-state index contributed by atoms with van der Waals surface area (Å²) in [4.78, 5) is 0. The van der Waals surface area contributed by atoms with Gasteiger partial charge in [0, 0.05) is 0 Å². The van der Waals surface area contributed by atoms with Crippen molar-refractivity contribution in [2.75, 3.05) is 0 Å². The molecule has 3 saturated carbocycles. The smallest absolute Gasteiger partial charge is 0.00849 e. The monoisotopic (exact) mass is 204 g/mol. The van der Waals surface area contributed by atoms with E-state index in [-0.39, 0.29) is 0 Å². The Bertz CT molecular complexity index is 312. The summed E-state index contributed by atoms with van der Waals surface area (Å²) in [7, 11) is 0. The zero-order chi connectivity index (χ0) is 10.8. The van der Waals surface area contributed by atoms with Crippen molar-refractivity contribution in [3.63, 3.8) is 0 Å². The lowest BCUT2D eigenvalue weighted by Crippen LogP contribution is -2.28. The summed E-state index contributed by atoms with van der Waals surface area (Å²) in [5.41, 5.74) is 2.71. The molecule has 0 nitrogen and oxygen atoms in total. The minimum absolute atomic E-state index is 0.515. The molecule has 0 spiro atoms. The van der Waals surface area contributed by atoms with Crippen LogP contribution in [0, 0.1) is 28.6 Å². The Balaban J connectivity index is 2.10. The van der Waals surface area contributed by atoms with Gasteiger partial charge in [0.25, 0.3) is 0 Å². The van der Waals surface area contributed by atoms with Crippen molar-refractivity contribution in [2.45, 2.75) is 52.9 Å². The largest absolute Gasteiger partial charge is 0.0990 e. The standard InChI is InChI=1S/C15H24/c1-10-11-6-7-12-13(11)14(2,3)8-5-9-15(10,12)4/h11-13H,1,5-9H2,2-4H3/t11-,12-,13-,15+/m1/s1. The molecule has 15 heavy (non-hydrogen) atoms. The molecule has 3 fully saturated rings. The third-order valence-electron chi connectivity index (χ3n) is 6.07. The van der Waals surface area contributed by atoms with E-state index in [2.05, 4.69) is 27.4 Å². The van der Waals surface area contributed by atoms with Crippen molar-refractivity contribution in [3.05, 3.63) is 12.2 Å². The zero-order valence-electron chi connectivity index (χ0n) is 10.5. The van der Waals surface area contributed by atoms with Gasteiger partial charge >= 0.3 is 0 Å². The third-order valence-corrected chi connectivity index (χ3v) is 6.07. The SMILES string of the molecule is C=C1[C@H]2CC[C@@H]3[C@@H]2C(C)(C)CCC[C@@]13C. The predicted octanol–water partition coefficient (Wildman–Crippen LogP) is 4.42. The Morgan fingerprint density at radius 2 is 1.87 bits per heavy atom. The van der Waals surface area contributed by atoms with Crippen molar-refractivity contribution < 1.29 is 0 Å². The van der Waals surface area contributed by atoms with Crippen LogP contribution in [-0.2, 0) is 0 Å². The highest BCUT2D eigenvalue weighted by atomic mass is 14.7. The van der Waals surface area contributed by atoms with Crippen LogP contribution < -0.4 is 0 Å². The summed E-state index contributed by atoms with van der Waals surface area (Å²) in [6.07, 6.45) is 7.18. The second-order valence-electron chi connectivity index (χ2n) is 7.10. The van der Waals surface area contributed by atoms with Gasteiger partial charge in [-0.05, 0) is 54.3 Å². The fourth-order valence-corrected chi connectivity index (χ4v) is 5.28. The number of rotatable bonds is 0. The van der Waals surface area contributed by atoms with Crippen molar-refractivity contribution in [1.82, 2.24) is 0 Å². The minimum atomic E-state index is 0.515. The van der Waals surface area contributed by atoms with E-state index in [0.29, 0.717) is 10.8 Å². The minimum Gasteiger partial charge on any atom is -0.0990 e. The Morgan fingerprint density at radius 3 is 2.60 bits per heavy atom. The fraction of sp³-hybridized carbons (Fsp3) is 0.867. The Morgan fingerprint density at radius 1 is 1.13 bits per heavy atom. The molecule has 0 saturated heterocycles. The van der Waals surface area contributed by atoms with Crippen LogP contribution in [0.5, 0.6) is 0 Å². The quantitative estimate of drug-likeness (QED) is 0.513. The maximum absolute atomic E-state index is 4.46. The van der Waals surface area contributed by atoms with E-state index in [4.69, 9.17) is 0 Å². The van der Waals surface area contributed by atoms with Crippen LogP contribution in [0.3, 0.4) is 0 Å². The molecule has 0 unspecified atom stereocenters. The van der Waals surface area contributed by atoms with Gasteiger partial charge in [-0.25, -0.2) is 0 Å². The maximum Gasteiger partial charge on any atom is -0.00849 e. The van der Waals surface area contributed by atoms with E-state index in [0.717, 1.165) is 17.8 Å². The second kappa shape index (κ2) is 2.70. The van der Waals surface area contributed by atoms with Gasteiger partial charge in [0.2, 0.25) is 0 Å². The van der Waals surface area contributed by atoms with Crippen molar-refractivity contribution in [3.8, 4) is 0 Å². The first-order chi connectivity index (χ1) is 6.97.